The molecule has 1 heterocycles. The van der Waals surface area contributed by atoms with E-state index in [1.54, 1.807) is 19.1 Å². The largest absolute Gasteiger partial charge is 0.344 e. The first-order valence-corrected chi connectivity index (χ1v) is 7.03. The second kappa shape index (κ2) is 4.79. The molecule has 19 heavy (non-hydrogen) atoms. The van der Waals surface area contributed by atoms with Gasteiger partial charge in [-0.25, -0.2) is 12.7 Å². The molecule has 0 bridgehead atoms. The van der Waals surface area contributed by atoms with Crippen molar-refractivity contribution < 1.29 is 13.2 Å². The Morgan fingerprint density at radius 1 is 1.32 bits per heavy atom. The lowest BCUT2D eigenvalue weighted by atomic mass is 9.96. The van der Waals surface area contributed by atoms with Crippen molar-refractivity contribution in [3.63, 3.8) is 0 Å². The maximum atomic E-state index is 12.1. The highest BCUT2D eigenvalue weighted by Crippen LogP contribution is 2.34. The quantitative estimate of drug-likeness (QED) is 0.840. The normalized spacial score (nSPS) is 15.9. The molecule has 104 valence electrons. The molecular formula is C13H18N2O3S. The Labute approximate surface area is 113 Å². The van der Waals surface area contributed by atoms with Crippen LogP contribution in [0.4, 0.5) is 0 Å². The fourth-order valence-electron chi connectivity index (χ4n) is 2.20. The summed E-state index contributed by atoms with van der Waals surface area (Å²) in [5.41, 5.74) is 2.89. The molecule has 0 aromatic heterocycles. The van der Waals surface area contributed by atoms with Crippen LogP contribution >= 0.6 is 0 Å². The van der Waals surface area contributed by atoms with Crippen molar-refractivity contribution in [2.24, 2.45) is 0 Å². The van der Waals surface area contributed by atoms with Crippen LogP contribution in [0.5, 0.6) is 0 Å². The van der Waals surface area contributed by atoms with Crippen LogP contribution in [0.3, 0.4) is 0 Å². The molecule has 1 aliphatic rings. The van der Waals surface area contributed by atoms with Crippen molar-refractivity contribution >= 4 is 15.9 Å². The van der Waals surface area contributed by atoms with Crippen LogP contribution in [0.1, 0.15) is 27.0 Å². The molecule has 1 amide bonds. The van der Waals surface area contributed by atoms with Crippen molar-refractivity contribution in [2.75, 3.05) is 7.05 Å². The average Bonchev–Trinajstić information content (AvgIpc) is 2.48. The summed E-state index contributed by atoms with van der Waals surface area (Å²) in [4.78, 5) is 12.1. The van der Waals surface area contributed by atoms with Gasteiger partial charge in [0.25, 0.3) is 15.9 Å². The molecule has 1 aliphatic heterocycles. The molecule has 0 saturated heterocycles. The third-order valence-electron chi connectivity index (χ3n) is 3.47. The van der Waals surface area contributed by atoms with E-state index in [4.69, 9.17) is 0 Å². The molecule has 0 unspecified atom stereocenters. The Morgan fingerprint density at radius 2 is 1.89 bits per heavy atom. The van der Waals surface area contributed by atoms with Gasteiger partial charge in [0.15, 0.2) is 0 Å². The maximum Gasteiger partial charge on any atom is 0.269 e. The molecule has 1 aromatic carbocycles. The zero-order chi connectivity index (χ0) is 13.7. The number of benzene rings is 1. The summed E-state index contributed by atoms with van der Waals surface area (Å²) >= 11 is 0. The first-order chi connectivity index (χ1) is 8.32. The number of amides is 1. The van der Waals surface area contributed by atoms with Crippen LogP contribution in [-0.4, -0.2) is 25.7 Å². The fourth-order valence-corrected chi connectivity index (χ4v) is 3.60. The molecule has 0 saturated carbocycles. The topological polar surface area (TPSA) is 89.5 Å². The summed E-state index contributed by atoms with van der Waals surface area (Å²) < 4.78 is 25.0. The first kappa shape index (κ1) is 15.4. The molecule has 0 radical (unpaired) electrons. The van der Waals surface area contributed by atoms with Crippen LogP contribution in [0.2, 0.25) is 0 Å². The van der Waals surface area contributed by atoms with Gasteiger partial charge in [-0.05, 0) is 43.0 Å². The third-order valence-corrected chi connectivity index (χ3v) is 5.24. The van der Waals surface area contributed by atoms with Crippen molar-refractivity contribution in [1.29, 1.82) is 0 Å². The molecule has 1 aromatic rings. The van der Waals surface area contributed by atoms with Gasteiger partial charge < -0.3 is 6.15 Å². The molecule has 5 nitrogen and oxygen atoms in total. The van der Waals surface area contributed by atoms with E-state index in [0.717, 1.165) is 21.0 Å². The summed E-state index contributed by atoms with van der Waals surface area (Å²) in [5.74, 6) is -0.448. The van der Waals surface area contributed by atoms with E-state index in [2.05, 4.69) is 6.58 Å². The van der Waals surface area contributed by atoms with Crippen LogP contribution in [0.25, 0.3) is 0 Å². The smallest absolute Gasteiger partial charge is 0.269 e. The summed E-state index contributed by atoms with van der Waals surface area (Å²) in [7, 11) is -2.37. The van der Waals surface area contributed by atoms with E-state index in [-0.39, 0.29) is 11.0 Å². The predicted molar refractivity (Wildman–Crippen MR) is 74.1 cm³/mol. The van der Waals surface area contributed by atoms with E-state index >= 15 is 0 Å². The maximum absolute atomic E-state index is 12.1. The van der Waals surface area contributed by atoms with Crippen molar-refractivity contribution in [3.8, 4) is 0 Å². The lowest BCUT2D eigenvalue weighted by Crippen LogP contribution is -2.25. The number of fused-ring (bicyclic) bond motifs is 1. The van der Waals surface area contributed by atoms with Gasteiger partial charge in [-0.15, -0.1) is 6.58 Å². The summed E-state index contributed by atoms with van der Waals surface area (Å²) in [6.45, 7) is 7.34. The van der Waals surface area contributed by atoms with Gasteiger partial charge in [0, 0.05) is 7.05 Å². The second-order valence-electron chi connectivity index (χ2n) is 4.43. The van der Waals surface area contributed by atoms with E-state index in [1.165, 1.54) is 7.05 Å². The highest BCUT2D eigenvalue weighted by atomic mass is 32.2. The van der Waals surface area contributed by atoms with Gasteiger partial charge in [-0.2, -0.15) is 0 Å². The zero-order valence-electron chi connectivity index (χ0n) is 11.4. The number of allylic oxidation sites excluding steroid dienone is 1. The number of hydrogen-bond donors (Lipinski definition) is 1. The van der Waals surface area contributed by atoms with Crippen LogP contribution in [0.15, 0.2) is 23.6 Å². The molecule has 6 heteroatoms. The molecule has 0 aliphatic carbocycles. The Morgan fingerprint density at radius 3 is 2.42 bits per heavy atom. The monoisotopic (exact) mass is 282 g/mol. The highest BCUT2D eigenvalue weighted by Gasteiger charge is 2.40. The number of carbonyl (C=O) groups excluding carboxylic acids is 1. The van der Waals surface area contributed by atoms with Gasteiger partial charge >= 0.3 is 0 Å². The lowest BCUT2D eigenvalue weighted by Gasteiger charge is -2.10. The first-order valence-electron chi connectivity index (χ1n) is 5.59. The summed E-state index contributed by atoms with van der Waals surface area (Å²) in [6.07, 6.45) is 2.31. The highest BCUT2D eigenvalue weighted by molar-refractivity contribution is 7.90. The van der Waals surface area contributed by atoms with Crippen LogP contribution in [0, 0.1) is 13.8 Å². The number of rotatable bonds is 2. The molecule has 3 N–H and O–H groups in total. The Bertz CT molecular complexity index is 663. The Kier molecular flexibility index (Phi) is 3.88. The number of nitrogens with zero attached hydrogens (tertiary/aromatic N) is 1. The molecule has 0 spiro atoms. The average molecular weight is 282 g/mol. The molecule has 0 fully saturated rings. The van der Waals surface area contributed by atoms with Gasteiger partial charge in [0.2, 0.25) is 0 Å². The second-order valence-corrected chi connectivity index (χ2v) is 6.37. The van der Waals surface area contributed by atoms with E-state index < -0.39 is 15.9 Å². The van der Waals surface area contributed by atoms with Crippen LogP contribution in [-0.2, 0) is 16.4 Å². The minimum absolute atomic E-state index is 0. The zero-order valence-corrected chi connectivity index (χ0v) is 12.2. The van der Waals surface area contributed by atoms with Gasteiger partial charge in [0.1, 0.15) is 4.90 Å². The fraction of sp³-hybridized carbons (Fsp3) is 0.308. The molecular weight excluding hydrogens is 264 g/mol. The van der Waals surface area contributed by atoms with Crippen LogP contribution < -0.4 is 6.15 Å². The summed E-state index contributed by atoms with van der Waals surface area (Å²) in [6, 6.07) is 1.59. The minimum Gasteiger partial charge on any atom is -0.344 e. The number of sulfonamides is 1. The van der Waals surface area contributed by atoms with Crippen molar-refractivity contribution in [3.05, 3.63) is 41.0 Å². The number of carbonyl (C=O) groups is 1. The van der Waals surface area contributed by atoms with Gasteiger partial charge in [-0.1, -0.05) is 6.08 Å². The van der Waals surface area contributed by atoms with Crippen molar-refractivity contribution in [2.45, 2.75) is 25.2 Å². The number of hydrogen-bond acceptors (Lipinski definition) is 4. The van der Waals surface area contributed by atoms with E-state index in [9.17, 15) is 13.2 Å². The predicted octanol–water partition coefficient (Wildman–Crippen LogP) is 1.97. The molecule has 2 rings (SSSR count). The summed E-state index contributed by atoms with van der Waals surface area (Å²) in [5, 5.41) is 0. The van der Waals surface area contributed by atoms with Gasteiger partial charge in [-0.3, -0.25) is 4.79 Å². The molecule has 0 atom stereocenters. The van der Waals surface area contributed by atoms with Gasteiger partial charge in [0.05, 0.1) is 5.56 Å². The SMILES string of the molecule is C=CCc1cc2c(c(C)c1C)C(=O)N(C)S2(=O)=O.N. The van der Waals surface area contributed by atoms with Crippen molar-refractivity contribution in [1.82, 2.24) is 10.5 Å². The Hall–Kier alpha value is -1.66. The standard InChI is InChI=1S/C13H15NO3S.H3N/c1-5-6-10-7-11-12(9(3)8(10)2)13(15)14(4)18(11,16)17;/h5,7H,1,6H2,2-4H3;1H3. The minimum atomic E-state index is -3.66. The van der Waals surface area contributed by atoms with E-state index in [1.807, 2.05) is 6.92 Å². The lowest BCUT2D eigenvalue weighted by molar-refractivity contribution is 0.0891. The van der Waals surface area contributed by atoms with E-state index in [0.29, 0.717) is 12.0 Å². The Balaban J connectivity index is 0.00000180. The third kappa shape index (κ3) is 1.97.